The molecule has 0 aliphatic carbocycles. The molecule has 0 radical (unpaired) electrons. The van der Waals surface area contributed by atoms with Crippen LogP contribution < -0.4 is 10.6 Å². The number of nitrogens with one attached hydrogen (secondary N) is 2. The predicted molar refractivity (Wildman–Crippen MR) is 83.4 cm³/mol. The molecule has 1 atom stereocenters. The number of hydrogen-bond donors (Lipinski definition) is 2. The highest BCUT2D eigenvalue weighted by Gasteiger charge is 2.18. The third-order valence-electron chi connectivity index (χ3n) is 3.89. The molecule has 0 unspecified atom stereocenters. The Balaban J connectivity index is 1.80. The second kappa shape index (κ2) is 5.95. The Morgan fingerprint density at radius 1 is 1.29 bits per heavy atom. The van der Waals surface area contributed by atoms with Crippen LogP contribution in [0.4, 0.5) is 5.69 Å². The molecule has 0 saturated carbocycles. The molecule has 108 valence electrons. The number of pyridine rings is 1. The smallest absolute Gasteiger partial charge is 0.252 e. The lowest BCUT2D eigenvalue weighted by molar-refractivity contribution is 0.0939. The number of carbonyl (C=O) groups excluding carboxylic acids is 1. The number of fused-ring (bicyclic) bond motifs is 1. The molecular formula is C17H19N3O. The quantitative estimate of drug-likeness (QED) is 0.909. The molecule has 0 bridgehead atoms. The van der Waals surface area contributed by atoms with Crippen molar-refractivity contribution in [3.05, 3.63) is 59.4 Å². The molecule has 1 aliphatic rings. The summed E-state index contributed by atoms with van der Waals surface area (Å²) >= 11 is 0. The molecule has 1 aromatic heterocycles. The zero-order valence-electron chi connectivity index (χ0n) is 12.1. The van der Waals surface area contributed by atoms with Crippen LogP contribution in [0.1, 0.15) is 40.9 Å². The first kappa shape index (κ1) is 13.6. The number of amides is 1. The van der Waals surface area contributed by atoms with Crippen molar-refractivity contribution >= 4 is 11.6 Å². The lowest BCUT2D eigenvalue weighted by atomic mass is 9.97. The van der Waals surface area contributed by atoms with Crippen LogP contribution in [0.25, 0.3) is 0 Å². The summed E-state index contributed by atoms with van der Waals surface area (Å²) in [6.45, 7) is 2.96. The van der Waals surface area contributed by atoms with Crippen LogP contribution in [0.2, 0.25) is 0 Å². The van der Waals surface area contributed by atoms with Crippen LogP contribution in [-0.2, 0) is 6.42 Å². The minimum atomic E-state index is -0.0343. The molecule has 0 spiro atoms. The number of aromatic nitrogens is 1. The summed E-state index contributed by atoms with van der Waals surface area (Å²) in [7, 11) is 0. The number of carbonyl (C=O) groups is 1. The summed E-state index contributed by atoms with van der Waals surface area (Å²) in [5, 5.41) is 6.42. The van der Waals surface area contributed by atoms with Gasteiger partial charge in [0.2, 0.25) is 0 Å². The normalized spacial score (nSPS) is 14.7. The maximum atomic E-state index is 12.5. The largest absolute Gasteiger partial charge is 0.385 e. The van der Waals surface area contributed by atoms with Crippen LogP contribution >= 0.6 is 0 Å². The monoisotopic (exact) mass is 281 g/mol. The lowest BCUT2D eigenvalue weighted by Crippen LogP contribution is -2.28. The molecule has 2 N–H and O–H groups in total. The Labute approximate surface area is 124 Å². The van der Waals surface area contributed by atoms with E-state index in [2.05, 4.69) is 15.6 Å². The predicted octanol–water partition coefficient (Wildman–Crippen LogP) is 2.93. The summed E-state index contributed by atoms with van der Waals surface area (Å²) in [5.74, 6) is -0.0140. The Kier molecular flexibility index (Phi) is 3.86. The van der Waals surface area contributed by atoms with E-state index in [0.29, 0.717) is 0 Å². The van der Waals surface area contributed by atoms with Crippen molar-refractivity contribution in [3.63, 3.8) is 0 Å². The average Bonchev–Trinajstić information content (AvgIpc) is 2.55. The molecule has 2 aromatic rings. The second-order valence-corrected chi connectivity index (χ2v) is 5.34. The van der Waals surface area contributed by atoms with Gasteiger partial charge in [0.05, 0.1) is 6.04 Å². The van der Waals surface area contributed by atoms with Gasteiger partial charge in [0.25, 0.3) is 5.91 Å². The highest BCUT2D eigenvalue weighted by Crippen LogP contribution is 2.25. The van der Waals surface area contributed by atoms with Crippen LogP contribution in [-0.4, -0.2) is 17.4 Å². The molecule has 0 saturated heterocycles. The Hall–Kier alpha value is -2.36. The van der Waals surface area contributed by atoms with E-state index in [1.165, 1.54) is 0 Å². The minimum Gasteiger partial charge on any atom is -0.385 e. The third-order valence-corrected chi connectivity index (χ3v) is 3.89. The van der Waals surface area contributed by atoms with Gasteiger partial charge in [-0.3, -0.25) is 9.78 Å². The van der Waals surface area contributed by atoms with Gasteiger partial charge in [-0.05, 0) is 55.2 Å². The number of rotatable bonds is 3. The van der Waals surface area contributed by atoms with Crippen molar-refractivity contribution in [1.82, 2.24) is 10.3 Å². The lowest BCUT2D eigenvalue weighted by Gasteiger charge is -2.21. The summed E-state index contributed by atoms with van der Waals surface area (Å²) in [4.78, 5) is 16.5. The Morgan fingerprint density at radius 2 is 2.10 bits per heavy atom. The first-order chi connectivity index (χ1) is 10.3. The van der Waals surface area contributed by atoms with Crippen molar-refractivity contribution in [2.75, 3.05) is 11.9 Å². The average molecular weight is 281 g/mol. The molecule has 0 fully saturated rings. The van der Waals surface area contributed by atoms with Gasteiger partial charge in [-0.15, -0.1) is 0 Å². The van der Waals surface area contributed by atoms with Crippen molar-refractivity contribution in [2.24, 2.45) is 0 Å². The van der Waals surface area contributed by atoms with E-state index >= 15 is 0 Å². The Morgan fingerprint density at radius 3 is 2.90 bits per heavy atom. The van der Waals surface area contributed by atoms with Crippen molar-refractivity contribution in [1.29, 1.82) is 0 Å². The van der Waals surface area contributed by atoms with Crippen molar-refractivity contribution in [2.45, 2.75) is 25.8 Å². The number of benzene rings is 1. The van der Waals surface area contributed by atoms with Crippen LogP contribution in [0.5, 0.6) is 0 Å². The number of hydrogen-bond acceptors (Lipinski definition) is 3. The molecule has 1 aromatic carbocycles. The van der Waals surface area contributed by atoms with Gasteiger partial charge in [-0.25, -0.2) is 0 Å². The zero-order chi connectivity index (χ0) is 14.7. The highest BCUT2D eigenvalue weighted by atomic mass is 16.1. The highest BCUT2D eigenvalue weighted by molar-refractivity contribution is 5.97. The molecule has 4 nitrogen and oxygen atoms in total. The number of anilines is 1. The standard InChI is InChI=1S/C17H19N3O/c1-12(13-7-10-18-11-8-13)20-17(21)15-4-2-6-16-14(15)5-3-9-19-16/h2,4,6-8,10-12,19H,3,5,9H2,1H3,(H,20,21)/t12-/m1/s1. The molecule has 1 aliphatic heterocycles. The van der Waals surface area contributed by atoms with Gasteiger partial charge in [-0.2, -0.15) is 0 Å². The summed E-state index contributed by atoms with van der Waals surface area (Å²) in [5.41, 5.74) is 4.05. The van der Waals surface area contributed by atoms with E-state index in [0.717, 1.165) is 41.8 Å². The molecule has 1 amide bonds. The van der Waals surface area contributed by atoms with Crippen LogP contribution in [0, 0.1) is 0 Å². The summed E-state index contributed by atoms with van der Waals surface area (Å²) in [6.07, 6.45) is 5.51. The second-order valence-electron chi connectivity index (χ2n) is 5.34. The first-order valence-electron chi connectivity index (χ1n) is 7.32. The van der Waals surface area contributed by atoms with Gasteiger partial charge in [-0.1, -0.05) is 6.07 Å². The van der Waals surface area contributed by atoms with Gasteiger partial charge < -0.3 is 10.6 Å². The third kappa shape index (κ3) is 2.89. The Bertz CT molecular complexity index is 640. The molecule has 2 heterocycles. The van der Waals surface area contributed by atoms with Crippen LogP contribution in [0.15, 0.2) is 42.7 Å². The molecular weight excluding hydrogens is 262 g/mol. The van der Waals surface area contributed by atoms with Crippen molar-refractivity contribution in [3.8, 4) is 0 Å². The van der Waals surface area contributed by atoms with E-state index in [9.17, 15) is 4.79 Å². The van der Waals surface area contributed by atoms with Crippen molar-refractivity contribution < 1.29 is 4.79 Å². The fourth-order valence-electron chi connectivity index (χ4n) is 2.73. The fourth-order valence-corrected chi connectivity index (χ4v) is 2.73. The number of nitrogens with zero attached hydrogens (tertiary/aromatic N) is 1. The van der Waals surface area contributed by atoms with Gasteiger partial charge >= 0.3 is 0 Å². The molecule has 4 heteroatoms. The van der Waals surface area contributed by atoms with Gasteiger partial charge in [0.1, 0.15) is 0 Å². The summed E-state index contributed by atoms with van der Waals surface area (Å²) in [6, 6.07) is 9.69. The SMILES string of the molecule is C[C@@H](NC(=O)c1cccc2c1CCCN2)c1ccncc1. The molecule has 3 rings (SSSR count). The van der Waals surface area contributed by atoms with Gasteiger partial charge in [0, 0.05) is 30.2 Å². The van der Waals surface area contributed by atoms with E-state index < -0.39 is 0 Å². The van der Waals surface area contributed by atoms with E-state index in [-0.39, 0.29) is 11.9 Å². The maximum absolute atomic E-state index is 12.5. The summed E-state index contributed by atoms with van der Waals surface area (Å²) < 4.78 is 0. The molecule has 21 heavy (non-hydrogen) atoms. The maximum Gasteiger partial charge on any atom is 0.252 e. The first-order valence-corrected chi connectivity index (χ1v) is 7.32. The zero-order valence-corrected chi connectivity index (χ0v) is 12.1. The van der Waals surface area contributed by atoms with E-state index in [1.807, 2.05) is 37.3 Å². The topological polar surface area (TPSA) is 54.0 Å². The minimum absolute atomic E-state index is 0.0140. The van der Waals surface area contributed by atoms with E-state index in [1.54, 1.807) is 12.4 Å². The van der Waals surface area contributed by atoms with Gasteiger partial charge in [0.15, 0.2) is 0 Å². The fraction of sp³-hybridized carbons (Fsp3) is 0.294. The van der Waals surface area contributed by atoms with Crippen LogP contribution in [0.3, 0.4) is 0 Å². The van der Waals surface area contributed by atoms with E-state index in [4.69, 9.17) is 0 Å².